The summed E-state index contributed by atoms with van der Waals surface area (Å²) >= 11 is 0. The zero-order chi connectivity index (χ0) is 16.8. The maximum atomic E-state index is 12.2. The molecule has 0 aliphatic carbocycles. The molecule has 0 unspecified atom stereocenters. The first-order chi connectivity index (χ1) is 11.0. The Bertz CT molecular complexity index is 580. The van der Waals surface area contributed by atoms with Gasteiger partial charge in [-0.15, -0.1) is 0 Å². The molecule has 1 aliphatic rings. The molecule has 1 N–H and O–H groups in total. The summed E-state index contributed by atoms with van der Waals surface area (Å²) in [5, 5.41) is 2.60. The van der Waals surface area contributed by atoms with Crippen LogP contribution in [0.4, 0.5) is 5.69 Å². The van der Waals surface area contributed by atoms with Crippen molar-refractivity contribution in [3.8, 4) is 5.75 Å². The van der Waals surface area contributed by atoms with Crippen LogP contribution in [-0.4, -0.2) is 60.3 Å². The number of carbonyl (C=O) groups is 3. The van der Waals surface area contributed by atoms with Gasteiger partial charge in [-0.3, -0.25) is 14.4 Å². The second kappa shape index (κ2) is 7.62. The van der Waals surface area contributed by atoms with Crippen molar-refractivity contribution in [2.45, 2.75) is 20.0 Å². The van der Waals surface area contributed by atoms with Crippen LogP contribution in [0.25, 0.3) is 0 Å². The van der Waals surface area contributed by atoms with Crippen LogP contribution in [0.3, 0.4) is 0 Å². The molecule has 1 heterocycles. The molecule has 2 rings (SSSR count). The Kier molecular flexibility index (Phi) is 5.56. The van der Waals surface area contributed by atoms with Gasteiger partial charge in [-0.2, -0.15) is 0 Å². The van der Waals surface area contributed by atoms with Gasteiger partial charge in [0.1, 0.15) is 5.75 Å². The van der Waals surface area contributed by atoms with Gasteiger partial charge in [0.2, 0.25) is 6.41 Å². The van der Waals surface area contributed by atoms with Gasteiger partial charge >= 0.3 is 11.8 Å². The molecule has 1 aliphatic heterocycles. The fourth-order valence-corrected chi connectivity index (χ4v) is 2.28. The Morgan fingerprint density at radius 1 is 1.17 bits per heavy atom. The molecule has 3 amide bonds. The fraction of sp³-hybridized carbons (Fsp3) is 0.438. The fourth-order valence-electron chi connectivity index (χ4n) is 2.28. The van der Waals surface area contributed by atoms with E-state index >= 15 is 0 Å². The van der Waals surface area contributed by atoms with Crippen molar-refractivity contribution in [2.75, 3.05) is 31.5 Å². The largest absolute Gasteiger partial charge is 0.489 e. The zero-order valence-corrected chi connectivity index (χ0v) is 13.3. The zero-order valence-electron chi connectivity index (χ0n) is 13.3. The first kappa shape index (κ1) is 16.8. The monoisotopic (exact) mass is 319 g/mol. The molecule has 0 aromatic heterocycles. The van der Waals surface area contributed by atoms with Crippen LogP contribution in [0, 0.1) is 0 Å². The SMILES string of the molecule is CC(C)Oc1ccccc1NC(=O)C(=O)N1CCN(C=O)CC1. The van der Waals surface area contributed by atoms with Crippen molar-refractivity contribution in [1.82, 2.24) is 9.80 Å². The topological polar surface area (TPSA) is 79.0 Å². The molecule has 7 heteroatoms. The molecule has 1 aromatic carbocycles. The number of ether oxygens (including phenoxy) is 1. The van der Waals surface area contributed by atoms with E-state index in [2.05, 4.69) is 5.32 Å². The summed E-state index contributed by atoms with van der Waals surface area (Å²) < 4.78 is 5.61. The first-order valence-corrected chi connectivity index (χ1v) is 7.56. The maximum Gasteiger partial charge on any atom is 0.314 e. The van der Waals surface area contributed by atoms with E-state index < -0.39 is 11.8 Å². The number of piperazine rings is 1. The molecular formula is C16H21N3O4. The maximum absolute atomic E-state index is 12.2. The smallest absolute Gasteiger partial charge is 0.314 e. The number of nitrogens with zero attached hydrogens (tertiary/aromatic N) is 2. The van der Waals surface area contributed by atoms with Gasteiger partial charge in [0.15, 0.2) is 0 Å². The van der Waals surface area contributed by atoms with E-state index in [4.69, 9.17) is 4.74 Å². The summed E-state index contributed by atoms with van der Waals surface area (Å²) in [6.45, 7) is 5.36. The molecule has 1 aromatic rings. The summed E-state index contributed by atoms with van der Waals surface area (Å²) in [5.74, 6) is -0.784. The first-order valence-electron chi connectivity index (χ1n) is 7.56. The van der Waals surface area contributed by atoms with Crippen molar-refractivity contribution >= 4 is 23.9 Å². The molecule has 23 heavy (non-hydrogen) atoms. The number of hydrogen-bond donors (Lipinski definition) is 1. The Labute approximate surface area is 135 Å². The number of nitrogens with one attached hydrogen (secondary N) is 1. The van der Waals surface area contributed by atoms with Crippen LogP contribution in [0.2, 0.25) is 0 Å². The van der Waals surface area contributed by atoms with Crippen molar-refractivity contribution in [2.24, 2.45) is 0 Å². The number of rotatable bonds is 4. The van der Waals surface area contributed by atoms with Crippen molar-refractivity contribution in [3.05, 3.63) is 24.3 Å². The van der Waals surface area contributed by atoms with Crippen LogP contribution in [0.1, 0.15) is 13.8 Å². The number of para-hydroxylation sites is 2. The minimum absolute atomic E-state index is 0.0415. The van der Waals surface area contributed by atoms with Gasteiger partial charge < -0.3 is 19.9 Å². The summed E-state index contributed by atoms with van der Waals surface area (Å²) in [4.78, 5) is 38.0. The number of anilines is 1. The lowest BCUT2D eigenvalue weighted by atomic mass is 10.2. The Morgan fingerprint density at radius 3 is 2.43 bits per heavy atom. The number of amides is 3. The quantitative estimate of drug-likeness (QED) is 0.655. The molecule has 0 atom stereocenters. The molecule has 0 spiro atoms. The van der Waals surface area contributed by atoms with Crippen LogP contribution >= 0.6 is 0 Å². The van der Waals surface area contributed by atoms with Crippen LogP contribution in [-0.2, 0) is 14.4 Å². The lowest BCUT2D eigenvalue weighted by Gasteiger charge is -2.32. The average molecular weight is 319 g/mol. The van der Waals surface area contributed by atoms with Crippen molar-refractivity contribution in [1.29, 1.82) is 0 Å². The van der Waals surface area contributed by atoms with Gasteiger partial charge in [-0.25, -0.2) is 0 Å². The van der Waals surface area contributed by atoms with E-state index in [0.29, 0.717) is 37.6 Å². The van der Waals surface area contributed by atoms with Gasteiger partial charge in [0.25, 0.3) is 0 Å². The van der Waals surface area contributed by atoms with E-state index in [1.165, 1.54) is 4.90 Å². The second-order valence-electron chi connectivity index (χ2n) is 5.55. The average Bonchev–Trinajstić information content (AvgIpc) is 2.55. The molecular weight excluding hydrogens is 298 g/mol. The molecule has 0 saturated carbocycles. The number of benzene rings is 1. The Hall–Kier alpha value is -2.57. The minimum atomic E-state index is -0.704. The molecule has 1 fully saturated rings. The summed E-state index contributed by atoms with van der Waals surface area (Å²) in [6, 6.07) is 6.99. The number of hydrogen-bond acceptors (Lipinski definition) is 4. The highest BCUT2D eigenvalue weighted by Crippen LogP contribution is 2.24. The second-order valence-corrected chi connectivity index (χ2v) is 5.55. The van der Waals surface area contributed by atoms with Crippen LogP contribution in [0.5, 0.6) is 5.75 Å². The normalized spacial score (nSPS) is 14.6. The summed E-state index contributed by atoms with van der Waals surface area (Å²) in [7, 11) is 0. The van der Waals surface area contributed by atoms with E-state index in [9.17, 15) is 14.4 Å². The highest BCUT2D eigenvalue weighted by atomic mass is 16.5. The van der Waals surface area contributed by atoms with E-state index in [1.54, 1.807) is 29.2 Å². The Morgan fingerprint density at radius 2 is 1.83 bits per heavy atom. The minimum Gasteiger partial charge on any atom is -0.489 e. The third kappa shape index (κ3) is 4.45. The predicted molar refractivity (Wildman–Crippen MR) is 85.1 cm³/mol. The van der Waals surface area contributed by atoms with Crippen molar-refractivity contribution in [3.63, 3.8) is 0 Å². The van der Waals surface area contributed by atoms with E-state index in [-0.39, 0.29) is 6.10 Å². The van der Waals surface area contributed by atoms with Crippen molar-refractivity contribution < 1.29 is 19.1 Å². The highest BCUT2D eigenvalue weighted by molar-refractivity contribution is 6.39. The third-order valence-electron chi connectivity index (χ3n) is 3.44. The third-order valence-corrected chi connectivity index (χ3v) is 3.44. The van der Waals surface area contributed by atoms with Gasteiger partial charge in [0, 0.05) is 26.2 Å². The van der Waals surface area contributed by atoms with E-state index in [1.807, 2.05) is 13.8 Å². The highest BCUT2D eigenvalue weighted by Gasteiger charge is 2.26. The number of carbonyl (C=O) groups excluding carboxylic acids is 3. The summed E-state index contributed by atoms with van der Waals surface area (Å²) in [5.41, 5.74) is 0.464. The van der Waals surface area contributed by atoms with E-state index in [0.717, 1.165) is 6.41 Å². The van der Waals surface area contributed by atoms with Crippen LogP contribution in [0.15, 0.2) is 24.3 Å². The molecule has 124 valence electrons. The Balaban J connectivity index is 1.99. The van der Waals surface area contributed by atoms with Crippen LogP contribution < -0.4 is 10.1 Å². The molecule has 7 nitrogen and oxygen atoms in total. The van der Waals surface area contributed by atoms with Gasteiger partial charge in [0.05, 0.1) is 11.8 Å². The lowest BCUT2D eigenvalue weighted by molar-refractivity contribution is -0.144. The lowest BCUT2D eigenvalue weighted by Crippen LogP contribution is -2.51. The molecule has 1 saturated heterocycles. The van der Waals surface area contributed by atoms with Gasteiger partial charge in [-0.05, 0) is 26.0 Å². The predicted octanol–water partition coefficient (Wildman–Crippen LogP) is 0.713. The molecule has 0 radical (unpaired) electrons. The summed E-state index contributed by atoms with van der Waals surface area (Å²) in [6.07, 6.45) is 0.710. The van der Waals surface area contributed by atoms with Gasteiger partial charge in [-0.1, -0.05) is 12.1 Å². The molecule has 0 bridgehead atoms. The standard InChI is InChI=1S/C16H21N3O4/c1-12(2)23-14-6-4-3-5-13(14)17-15(21)16(22)19-9-7-18(11-20)8-10-19/h3-6,11-12H,7-10H2,1-2H3,(H,17,21).